The van der Waals surface area contributed by atoms with Crippen LogP contribution in [0.15, 0.2) is 36.4 Å². The minimum atomic E-state index is -0.581. The van der Waals surface area contributed by atoms with E-state index < -0.39 is 5.60 Å². The molecule has 1 aromatic heterocycles. The minimum absolute atomic E-state index is 0.0148. The molecule has 3 heterocycles. The van der Waals surface area contributed by atoms with E-state index in [1.165, 1.54) is 23.5 Å². The number of anilines is 1. The monoisotopic (exact) mass is 388 g/mol. The third-order valence-corrected chi connectivity index (χ3v) is 6.15. The third-order valence-electron chi connectivity index (χ3n) is 5.17. The molecule has 2 fully saturated rings. The summed E-state index contributed by atoms with van der Waals surface area (Å²) in [6.07, 6.45) is 1.60. The number of amides is 2. The molecule has 4 rings (SSSR count). The molecule has 5 nitrogen and oxygen atoms in total. The molecule has 1 atom stereocenters. The molecule has 7 heteroatoms. The molecule has 2 amide bonds. The quantitative estimate of drug-likeness (QED) is 0.794. The number of halogens is 1. The molecule has 1 spiro atoms. The number of thiophene rings is 1. The van der Waals surface area contributed by atoms with Gasteiger partial charge in [-0.2, -0.15) is 0 Å². The topological polar surface area (TPSA) is 49.9 Å². The van der Waals surface area contributed by atoms with E-state index in [-0.39, 0.29) is 24.2 Å². The second kappa shape index (κ2) is 7.05. The van der Waals surface area contributed by atoms with E-state index in [1.54, 1.807) is 17.0 Å². The number of rotatable bonds is 2. The van der Waals surface area contributed by atoms with E-state index in [0.29, 0.717) is 25.3 Å². The highest BCUT2D eigenvalue weighted by Crippen LogP contribution is 2.33. The number of aryl methyl sites for hydroxylation is 1. The van der Waals surface area contributed by atoms with E-state index >= 15 is 0 Å². The molecule has 2 saturated heterocycles. The van der Waals surface area contributed by atoms with Gasteiger partial charge in [0.15, 0.2) is 0 Å². The maximum atomic E-state index is 13.2. The molecule has 1 aromatic carbocycles. The van der Waals surface area contributed by atoms with Crippen LogP contribution in [-0.2, 0) is 9.53 Å². The number of ether oxygens (including phenoxy) is 1. The van der Waals surface area contributed by atoms with E-state index in [1.807, 2.05) is 24.0 Å². The van der Waals surface area contributed by atoms with Gasteiger partial charge in [-0.25, -0.2) is 4.39 Å². The molecule has 142 valence electrons. The van der Waals surface area contributed by atoms with Crippen molar-refractivity contribution >= 4 is 28.8 Å². The van der Waals surface area contributed by atoms with Gasteiger partial charge in [0.1, 0.15) is 18.0 Å². The van der Waals surface area contributed by atoms with E-state index in [2.05, 4.69) is 0 Å². The maximum absolute atomic E-state index is 13.2. The normalized spacial score (nSPS) is 23.1. The predicted molar refractivity (Wildman–Crippen MR) is 102 cm³/mol. The Hall–Kier alpha value is -2.25. The van der Waals surface area contributed by atoms with Crippen molar-refractivity contribution in [1.82, 2.24) is 4.90 Å². The Labute approximate surface area is 161 Å². The molecule has 1 unspecified atom stereocenters. The van der Waals surface area contributed by atoms with Gasteiger partial charge in [0.2, 0.25) is 0 Å². The number of hydrogen-bond donors (Lipinski definition) is 0. The van der Waals surface area contributed by atoms with Crippen LogP contribution in [-0.4, -0.2) is 48.6 Å². The highest BCUT2D eigenvalue weighted by molar-refractivity contribution is 7.13. The van der Waals surface area contributed by atoms with Crippen molar-refractivity contribution in [2.45, 2.75) is 25.4 Å². The summed E-state index contributed by atoms with van der Waals surface area (Å²) in [6, 6.07) is 9.71. The summed E-state index contributed by atoms with van der Waals surface area (Å²) in [5.74, 6) is -0.472. The van der Waals surface area contributed by atoms with Crippen LogP contribution >= 0.6 is 11.3 Å². The molecule has 0 aliphatic carbocycles. The average molecular weight is 388 g/mol. The summed E-state index contributed by atoms with van der Waals surface area (Å²) in [5.41, 5.74) is 0.0732. The summed E-state index contributed by atoms with van der Waals surface area (Å²) in [7, 11) is 0. The molecule has 0 bridgehead atoms. The van der Waals surface area contributed by atoms with Crippen LogP contribution in [0.4, 0.5) is 10.1 Å². The van der Waals surface area contributed by atoms with Gasteiger partial charge in [0.25, 0.3) is 11.8 Å². The number of carbonyl (C=O) groups excluding carboxylic acids is 2. The SMILES string of the molecule is Cc1ccc(C(=O)N2CCCC3(C2)CN(c2ccc(F)cc2)C(=O)CO3)s1. The first-order chi connectivity index (χ1) is 13.0. The number of morpholine rings is 1. The number of likely N-dealkylation sites (tertiary alicyclic amines) is 1. The molecule has 0 saturated carbocycles. The lowest BCUT2D eigenvalue weighted by Gasteiger charge is -2.47. The summed E-state index contributed by atoms with van der Waals surface area (Å²) in [5, 5.41) is 0. The number of piperidine rings is 1. The summed E-state index contributed by atoms with van der Waals surface area (Å²) >= 11 is 1.49. The van der Waals surface area contributed by atoms with Gasteiger partial charge < -0.3 is 14.5 Å². The van der Waals surface area contributed by atoms with Crippen LogP contribution in [0.25, 0.3) is 0 Å². The Morgan fingerprint density at radius 2 is 1.96 bits per heavy atom. The van der Waals surface area contributed by atoms with E-state index in [0.717, 1.165) is 22.6 Å². The Bertz CT molecular complexity index is 866. The lowest BCUT2D eigenvalue weighted by molar-refractivity contribution is -0.144. The van der Waals surface area contributed by atoms with Crippen LogP contribution in [0.3, 0.4) is 0 Å². The first-order valence-corrected chi connectivity index (χ1v) is 9.83. The van der Waals surface area contributed by atoms with Crippen LogP contribution in [0.5, 0.6) is 0 Å². The van der Waals surface area contributed by atoms with Gasteiger partial charge in [-0.1, -0.05) is 0 Å². The van der Waals surface area contributed by atoms with Gasteiger partial charge >= 0.3 is 0 Å². The lowest BCUT2D eigenvalue weighted by Crippen LogP contribution is -2.62. The van der Waals surface area contributed by atoms with Crippen molar-refractivity contribution < 1.29 is 18.7 Å². The predicted octanol–water partition coefficient (Wildman–Crippen LogP) is 3.23. The Kier molecular flexibility index (Phi) is 4.74. The summed E-state index contributed by atoms with van der Waals surface area (Å²) in [4.78, 5) is 30.5. The first-order valence-electron chi connectivity index (χ1n) is 9.01. The van der Waals surface area contributed by atoms with E-state index in [9.17, 15) is 14.0 Å². The lowest BCUT2D eigenvalue weighted by atomic mass is 9.90. The van der Waals surface area contributed by atoms with Gasteiger partial charge in [-0.3, -0.25) is 9.59 Å². The molecule has 2 aliphatic heterocycles. The maximum Gasteiger partial charge on any atom is 0.264 e. The van der Waals surface area contributed by atoms with Crippen molar-refractivity contribution in [2.24, 2.45) is 0 Å². The fraction of sp³-hybridized carbons (Fsp3) is 0.400. The molecule has 2 aromatic rings. The van der Waals surface area contributed by atoms with Gasteiger partial charge in [0, 0.05) is 17.1 Å². The number of carbonyl (C=O) groups is 2. The van der Waals surface area contributed by atoms with Crippen LogP contribution in [0.1, 0.15) is 27.4 Å². The fourth-order valence-corrected chi connectivity index (χ4v) is 4.63. The van der Waals surface area contributed by atoms with Crippen LogP contribution in [0.2, 0.25) is 0 Å². The van der Waals surface area contributed by atoms with Crippen LogP contribution in [0, 0.1) is 12.7 Å². The molecule has 2 aliphatic rings. The zero-order valence-corrected chi connectivity index (χ0v) is 15.9. The van der Waals surface area contributed by atoms with Crippen molar-refractivity contribution in [1.29, 1.82) is 0 Å². The second-order valence-corrected chi connectivity index (χ2v) is 8.46. The molecule has 0 N–H and O–H groups in total. The van der Waals surface area contributed by atoms with Crippen molar-refractivity contribution in [3.63, 3.8) is 0 Å². The van der Waals surface area contributed by atoms with Gasteiger partial charge in [-0.05, 0) is 56.2 Å². The van der Waals surface area contributed by atoms with Crippen molar-refractivity contribution in [2.75, 3.05) is 31.1 Å². The van der Waals surface area contributed by atoms with Gasteiger partial charge in [-0.15, -0.1) is 11.3 Å². The zero-order chi connectivity index (χ0) is 19.0. The Morgan fingerprint density at radius 3 is 2.67 bits per heavy atom. The summed E-state index contributed by atoms with van der Waals surface area (Å²) in [6.45, 7) is 3.46. The first kappa shape index (κ1) is 18.1. The highest BCUT2D eigenvalue weighted by Gasteiger charge is 2.44. The Morgan fingerprint density at radius 1 is 1.19 bits per heavy atom. The molecular formula is C20H21FN2O3S. The van der Waals surface area contributed by atoms with E-state index in [4.69, 9.17) is 4.74 Å². The fourth-order valence-electron chi connectivity index (χ4n) is 3.79. The smallest absolute Gasteiger partial charge is 0.264 e. The standard InChI is InChI=1S/C20H21FN2O3S/c1-14-3-8-17(27-14)19(25)22-10-2-9-20(12-22)13-23(18(24)11-26-20)16-6-4-15(21)5-7-16/h3-8H,2,9-13H2,1H3. The Balaban J connectivity index is 1.54. The number of hydrogen-bond acceptors (Lipinski definition) is 4. The van der Waals surface area contributed by atoms with Gasteiger partial charge in [0.05, 0.1) is 18.0 Å². The third kappa shape index (κ3) is 3.61. The zero-order valence-electron chi connectivity index (χ0n) is 15.1. The minimum Gasteiger partial charge on any atom is -0.361 e. The largest absolute Gasteiger partial charge is 0.361 e. The molecule has 0 radical (unpaired) electrons. The van der Waals surface area contributed by atoms with Crippen molar-refractivity contribution in [3.8, 4) is 0 Å². The number of benzene rings is 1. The average Bonchev–Trinajstić information content (AvgIpc) is 3.11. The molecule has 27 heavy (non-hydrogen) atoms. The second-order valence-electron chi connectivity index (χ2n) is 7.17. The number of nitrogens with zero attached hydrogens (tertiary/aromatic N) is 2. The van der Waals surface area contributed by atoms with Crippen LogP contribution < -0.4 is 4.90 Å². The van der Waals surface area contributed by atoms with Crippen molar-refractivity contribution in [3.05, 3.63) is 52.0 Å². The molecular weight excluding hydrogens is 367 g/mol. The highest BCUT2D eigenvalue weighted by atomic mass is 32.1. The summed E-state index contributed by atoms with van der Waals surface area (Å²) < 4.78 is 19.2.